The van der Waals surface area contributed by atoms with E-state index in [-0.39, 0.29) is 11.1 Å². The average molecular weight is 347 g/mol. The molecule has 0 spiro atoms. The van der Waals surface area contributed by atoms with Gasteiger partial charge in [0, 0.05) is 30.8 Å². The minimum absolute atomic E-state index is 0.0852. The molecule has 1 fully saturated rings. The first-order valence-electron chi connectivity index (χ1n) is 6.37. The molecule has 0 saturated carbocycles. The van der Waals surface area contributed by atoms with Gasteiger partial charge in [0.2, 0.25) is 0 Å². The van der Waals surface area contributed by atoms with Gasteiger partial charge >= 0.3 is 0 Å². The quantitative estimate of drug-likeness (QED) is 0.787. The second-order valence-electron chi connectivity index (χ2n) is 4.77. The van der Waals surface area contributed by atoms with E-state index in [2.05, 4.69) is 25.8 Å². The van der Waals surface area contributed by atoms with E-state index in [4.69, 9.17) is 11.6 Å². The minimum atomic E-state index is -0.0852. The van der Waals surface area contributed by atoms with Gasteiger partial charge in [-0.05, 0) is 47.9 Å². The molecule has 104 valence electrons. The number of nitrogens with zero attached hydrogens (tertiary/aromatic N) is 3. The Morgan fingerprint density at radius 2 is 2.21 bits per heavy atom. The predicted molar refractivity (Wildman–Crippen MR) is 79.6 cm³/mol. The highest BCUT2D eigenvalue weighted by molar-refractivity contribution is 9.10. The lowest BCUT2D eigenvalue weighted by Crippen LogP contribution is -2.35. The van der Waals surface area contributed by atoms with Gasteiger partial charge in [-0.3, -0.25) is 4.79 Å². The molecular formula is C13H17BrClN3O. The van der Waals surface area contributed by atoms with Crippen LogP contribution >= 0.6 is 27.5 Å². The summed E-state index contributed by atoms with van der Waals surface area (Å²) in [4.78, 5) is 20.3. The van der Waals surface area contributed by atoms with Crippen molar-refractivity contribution in [2.24, 2.45) is 0 Å². The van der Waals surface area contributed by atoms with Crippen LogP contribution in [0.15, 0.2) is 16.7 Å². The van der Waals surface area contributed by atoms with Crippen LogP contribution in [0.2, 0.25) is 5.15 Å². The Hall–Kier alpha value is -0.650. The predicted octanol–water partition coefficient (Wildman–Crippen LogP) is 2.67. The zero-order valence-electron chi connectivity index (χ0n) is 10.9. The SMILES string of the molecule is CN(CCN1CCCC1)C(=O)c1cc(Br)cnc1Cl. The van der Waals surface area contributed by atoms with Crippen molar-refractivity contribution in [2.45, 2.75) is 12.8 Å². The number of rotatable bonds is 4. The minimum Gasteiger partial charge on any atom is -0.340 e. The topological polar surface area (TPSA) is 36.4 Å². The molecule has 0 unspecified atom stereocenters. The summed E-state index contributed by atoms with van der Waals surface area (Å²) in [5.41, 5.74) is 0.444. The maximum atomic E-state index is 12.3. The fourth-order valence-electron chi connectivity index (χ4n) is 2.18. The molecule has 2 heterocycles. The maximum absolute atomic E-state index is 12.3. The number of pyridine rings is 1. The van der Waals surface area contributed by atoms with Crippen molar-refractivity contribution in [3.8, 4) is 0 Å². The Morgan fingerprint density at radius 1 is 1.53 bits per heavy atom. The van der Waals surface area contributed by atoms with Gasteiger partial charge < -0.3 is 9.80 Å². The van der Waals surface area contributed by atoms with Crippen molar-refractivity contribution in [3.63, 3.8) is 0 Å². The summed E-state index contributed by atoms with van der Waals surface area (Å²) < 4.78 is 0.758. The lowest BCUT2D eigenvalue weighted by molar-refractivity contribution is 0.0782. The van der Waals surface area contributed by atoms with Crippen LogP contribution in [0.3, 0.4) is 0 Å². The third kappa shape index (κ3) is 3.91. The molecule has 4 nitrogen and oxygen atoms in total. The summed E-state index contributed by atoms with van der Waals surface area (Å²) in [7, 11) is 1.80. The fraction of sp³-hybridized carbons (Fsp3) is 0.538. The first-order chi connectivity index (χ1) is 9.08. The van der Waals surface area contributed by atoms with Crippen molar-refractivity contribution in [1.29, 1.82) is 0 Å². The molecule has 0 atom stereocenters. The fourth-order valence-corrected chi connectivity index (χ4v) is 2.69. The van der Waals surface area contributed by atoms with Crippen LogP contribution in [0.5, 0.6) is 0 Å². The smallest absolute Gasteiger partial charge is 0.256 e. The number of halogens is 2. The molecule has 1 amide bonds. The monoisotopic (exact) mass is 345 g/mol. The van der Waals surface area contributed by atoms with Crippen LogP contribution in [0, 0.1) is 0 Å². The van der Waals surface area contributed by atoms with E-state index >= 15 is 0 Å². The van der Waals surface area contributed by atoms with Crippen molar-refractivity contribution in [2.75, 3.05) is 33.2 Å². The number of carbonyl (C=O) groups excluding carboxylic acids is 1. The van der Waals surface area contributed by atoms with E-state index < -0.39 is 0 Å². The molecule has 1 aliphatic heterocycles. The van der Waals surface area contributed by atoms with Gasteiger partial charge in [-0.15, -0.1) is 0 Å². The molecule has 0 aliphatic carbocycles. The van der Waals surface area contributed by atoms with E-state index in [1.54, 1.807) is 24.2 Å². The zero-order chi connectivity index (χ0) is 13.8. The van der Waals surface area contributed by atoms with Gasteiger partial charge in [-0.25, -0.2) is 4.98 Å². The van der Waals surface area contributed by atoms with E-state index in [0.29, 0.717) is 12.1 Å². The first-order valence-corrected chi connectivity index (χ1v) is 7.54. The molecule has 0 bridgehead atoms. The van der Waals surface area contributed by atoms with Gasteiger partial charge in [0.1, 0.15) is 5.15 Å². The lowest BCUT2D eigenvalue weighted by atomic mass is 10.2. The average Bonchev–Trinajstić information content (AvgIpc) is 2.91. The Kier molecular flexibility index (Phi) is 5.19. The van der Waals surface area contributed by atoms with Gasteiger partial charge in [0.05, 0.1) is 5.56 Å². The highest BCUT2D eigenvalue weighted by Gasteiger charge is 2.18. The largest absolute Gasteiger partial charge is 0.340 e. The number of amides is 1. The van der Waals surface area contributed by atoms with E-state index in [9.17, 15) is 4.79 Å². The van der Waals surface area contributed by atoms with Crippen LogP contribution in [0.1, 0.15) is 23.2 Å². The van der Waals surface area contributed by atoms with Gasteiger partial charge in [-0.1, -0.05) is 11.6 Å². The van der Waals surface area contributed by atoms with Gasteiger partial charge in [0.25, 0.3) is 5.91 Å². The number of carbonyl (C=O) groups is 1. The Balaban J connectivity index is 1.95. The van der Waals surface area contributed by atoms with Crippen molar-refractivity contribution >= 4 is 33.4 Å². The molecular weight excluding hydrogens is 330 g/mol. The third-order valence-corrected chi connectivity index (χ3v) is 4.07. The number of hydrogen-bond donors (Lipinski definition) is 0. The highest BCUT2D eigenvalue weighted by atomic mass is 79.9. The van der Waals surface area contributed by atoms with Crippen LogP contribution in [0.25, 0.3) is 0 Å². The van der Waals surface area contributed by atoms with Crippen molar-refractivity contribution in [1.82, 2.24) is 14.8 Å². The van der Waals surface area contributed by atoms with Crippen LogP contribution < -0.4 is 0 Å². The molecule has 19 heavy (non-hydrogen) atoms. The second-order valence-corrected chi connectivity index (χ2v) is 6.04. The summed E-state index contributed by atoms with van der Waals surface area (Å²) in [6.07, 6.45) is 4.11. The molecule has 0 aromatic carbocycles. The summed E-state index contributed by atoms with van der Waals surface area (Å²) in [6, 6.07) is 1.71. The summed E-state index contributed by atoms with van der Waals surface area (Å²) in [6.45, 7) is 3.91. The summed E-state index contributed by atoms with van der Waals surface area (Å²) in [5.74, 6) is -0.0852. The zero-order valence-corrected chi connectivity index (χ0v) is 13.2. The standard InChI is InChI=1S/C13H17BrClN3O/c1-17(6-7-18-4-2-3-5-18)13(19)11-8-10(14)9-16-12(11)15/h8-9H,2-7H2,1H3. The molecule has 1 aliphatic rings. The van der Waals surface area contributed by atoms with E-state index in [1.807, 2.05) is 0 Å². The first kappa shape index (κ1) is 14.8. The second kappa shape index (κ2) is 6.68. The van der Waals surface area contributed by atoms with Gasteiger partial charge in [-0.2, -0.15) is 0 Å². The van der Waals surface area contributed by atoms with Crippen molar-refractivity contribution < 1.29 is 4.79 Å². The third-order valence-electron chi connectivity index (χ3n) is 3.33. The van der Waals surface area contributed by atoms with Crippen LogP contribution in [-0.4, -0.2) is 53.9 Å². The molecule has 0 radical (unpaired) electrons. The van der Waals surface area contributed by atoms with Crippen molar-refractivity contribution in [3.05, 3.63) is 27.5 Å². The molecule has 1 aromatic rings. The number of aromatic nitrogens is 1. The number of likely N-dealkylation sites (N-methyl/N-ethyl adjacent to an activating group) is 1. The normalized spacial score (nSPS) is 15.7. The highest BCUT2D eigenvalue weighted by Crippen LogP contribution is 2.19. The molecule has 6 heteroatoms. The summed E-state index contributed by atoms with van der Waals surface area (Å²) in [5, 5.41) is 0.251. The lowest BCUT2D eigenvalue weighted by Gasteiger charge is -2.21. The molecule has 1 aromatic heterocycles. The molecule has 2 rings (SSSR count). The maximum Gasteiger partial charge on any atom is 0.256 e. The molecule has 1 saturated heterocycles. The van der Waals surface area contributed by atoms with E-state index in [1.165, 1.54) is 12.8 Å². The van der Waals surface area contributed by atoms with Crippen LogP contribution in [0.4, 0.5) is 0 Å². The van der Waals surface area contributed by atoms with E-state index in [0.717, 1.165) is 24.1 Å². The van der Waals surface area contributed by atoms with Crippen LogP contribution in [-0.2, 0) is 0 Å². The number of hydrogen-bond acceptors (Lipinski definition) is 3. The summed E-state index contributed by atoms with van der Waals surface area (Å²) >= 11 is 9.28. The van der Waals surface area contributed by atoms with Gasteiger partial charge in [0.15, 0.2) is 0 Å². The Morgan fingerprint density at radius 3 is 2.89 bits per heavy atom. The molecule has 0 N–H and O–H groups in total. The Bertz CT molecular complexity index is 463. The number of likely N-dealkylation sites (tertiary alicyclic amines) is 1. The Labute approximate surface area is 126 Å².